The van der Waals surface area contributed by atoms with Gasteiger partial charge in [0.15, 0.2) is 11.5 Å². The zero-order valence-electron chi connectivity index (χ0n) is 16.4. The average Bonchev–Trinajstić information content (AvgIpc) is 3.17. The van der Waals surface area contributed by atoms with E-state index < -0.39 is 0 Å². The summed E-state index contributed by atoms with van der Waals surface area (Å²) in [5.41, 5.74) is 0.910. The summed E-state index contributed by atoms with van der Waals surface area (Å²) < 4.78 is 11.4. The SMILES string of the molecule is CC(CC(=O)NC1(c2ccc3c(c2)OCCO3)CCCC1)C1CCNCC1. The molecule has 1 amide bonds. The number of ether oxygens (including phenoxy) is 2. The molecule has 148 valence electrons. The van der Waals surface area contributed by atoms with Crippen molar-refractivity contribution in [2.75, 3.05) is 26.3 Å². The first-order valence-electron chi connectivity index (χ1n) is 10.6. The van der Waals surface area contributed by atoms with Gasteiger partial charge in [-0.1, -0.05) is 25.8 Å². The maximum absolute atomic E-state index is 12.9. The zero-order chi connectivity index (χ0) is 18.7. The highest BCUT2D eigenvalue weighted by Crippen LogP contribution is 2.42. The van der Waals surface area contributed by atoms with Crippen molar-refractivity contribution in [2.24, 2.45) is 11.8 Å². The second-order valence-electron chi connectivity index (χ2n) is 8.46. The number of benzene rings is 1. The Balaban J connectivity index is 1.46. The van der Waals surface area contributed by atoms with Crippen LogP contribution in [0.3, 0.4) is 0 Å². The predicted octanol–water partition coefficient (Wildman–Crippen LogP) is 3.37. The van der Waals surface area contributed by atoms with Gasteiger partial charge in [-0.2, -0.15) is 0 Å². The van der Waals surface area contributed by atoms with E-state index in [0.29, 0.717) is 31.5 Å². The Labute approximate surface area is 162 Å². The van der Waals surface area contributed by atoms with E-state index in [2.05, 4.69) is 29.7 Å². The van der Waals surface area contributed by atoms with Gasteiger partial charge >= 0.3 is 0 Å². The van der Waals surface area contributed by atoms with E-state index >= 15 is 0 Å². The Morgan fingerprint density at radius 3 is 2.63 bits per heavy atom. The molecule has 0 spiro atoms. The molecule has 0 radical (unpaired) electrons. The van der Waals surface area contributed by atoms with E-state index in [4.69, 9.17) is 9.47 Å². The Hall–Kier alpha value is -1.75. The van der Waals surface area contributed by atoms with Crippen LogP contribution >= 0.6 is 0 Å². The number of fused-ring (bicyclic) bond motifs is 1. The number of hydrogen-bond acceptors (Lipinski definition) is 4. The topological polar surface area (TPSA) is 59.6 Å². The van der Waals surface area contributed by atoms with Crippen molar-refractivity contribution in [3.8, 4) is 11.5 Å². The van der Waals surface area contributed by atoms with Gasteiger partial charge in [0, 0.05) is 6.42 Å². The molecule has 3 aliphatic rings. The van der Waals surface area contributed by atoms with Crippen molar-refractivity contribution in [2.45, 2.75) is 57.4 Å². The van der Waals surface area contributed by atoms with Crippen LogP contribution in [0.2, 0.25) is 0 Å². The highest BCUT2D eigenvalue weighted by atomic mass is 16.6. The first-order chi connectivity index (χ1) is 13.2. The third-order valence-corrected chi connectivity index (χ3v) is 6.63. The number of hydrogen-bond donors (Lipinski definition) is 2. The molecule has 0 aromatic heterocycles. The fraction of sp³-hybridized carbons (Fsp3) is 0.682. The zero-order valence-corrected chi connectivity index (χ0v) is 16.4. The molecular formula is C22H32N2O3. The van der Waals surface area contributed by atoms with E-state index in [-0.39, 0.29) is 11.4 Å². The fourth-order valence-electron chi connectivity index (χ4n) is 5.00. The second-order valence-corrected chi connectivity index (χ2v) is 8.46. The van der Waals surface area contributed by atoms with Crippen LogP contribution in [0.1, 0.15) is 57.4 Å². The van der Waals surface area contributed by atoms with Gasteiger partial charge in [0.25, 0.3) is 0 Å². The van der Waals surface area contributed by atoms with Gasteiger partial charge in [-0.25, -0.2) is 0 Å². The molecule has 1 aromatic carbocycles. The smallest absolute Gasteiger partial charge is 0.220 e. The van der Waals surface area contributed by atoms with E-state index in [1.807, 2.05) is 6.07 Å². The molecule has 4 rings (SSSR count). The first-order valence-corrected chi connectivity index (χ1v) is 10.6. The summed E-state index contributed by atoms with van der Waals surface area (Å²) in [6, 6.07) is 6.18. The van der Waals surface area contributed by atoms with Gasteiger partial charge < -0.3 is 20.1 Å². The van der Waals surface area contributed by atoms with Crippen LogP contribution < -0.4 is 20.1 Å². The molecule has 1 atom stereocenters. The molecule has 1 saturated carbocycles. The van der Waals surface area contributed by atoms with Gasteiger partial charge in [0.1, 0.15) is 13.2 Å². The average molecular weight is 373 g/mol. The summed E-state index contributed by atoms with van der Waals surface area (Å²) in [5.74, 6) is 2.90. The second kappa shape index (κ2) is 8.09. The van der Waals surface area contributed by atoms with Crippen molar-refractivity contribution in [1.29, 1.82) is 0 Å². The molecule has 2 heterocycles. The predicted molar refractivity (Wildman–Crippen MR) is 105 cm³/mol. The van der Waals surface area contributed by atoms with Crippen molar-refractivity contribution in [3.63, 3.8) is 0 Å². The van der Waals surface area contributed by atoms with Crippen LogP contribution in [0.4, 0.5) is 0 Å². The van der Waals surface area contributed by atoms with Crippen LogP contribution in [-0.4, -0.2) is 32.2 Å². The van der Waals surface area contributed by atoms with E-state index in [9.17, 15) is 4.79 Å². The van der Waals surface area contributed by atoms with Crippen molar-refractivity contribution < 1.29 is 14.3 Å². The fourth-order valence-corrected chi connectivity index (χ4v) is 5.00. The van der Waals surface area contributed by atoms with Gasteiger partial charge in [0.05, 0.1) is 5.54 Å². The Bertz CT molecular complexity index is 664. The third kappa shape index (κ3) is 4.08. The summed E-state index contributed by atoms with van der Waals surface area (Å²) >= 11 is 0. The van der Waals surface area contributed by atoms with E-state index in [1.54, 1.807) is 0 Å². The van der Waals surface area contributed by atoms with Crippen LogP contribution in [-0.2, 0) is 10.3 Å². The summed E-state index contributed by atoms with van der Waals surface area (Å²) in [5, 5.41) is 6.85. The molecule has 2 aliphatic heterocycles. The minimum Gasteiger partial charge on any atom is -0.486 e. The number of amides is 1. The number of rotatable bonds is 5. The van der Waals surface area contributed by atoms with Gasteiger partial charge in [-0.15, -0.1) is 0 Å². The summed E-state index contributed by atoms with van der Waals surface area (Å²) in [4.78, 5) is 12.9. The lowest BCUT2D eigenvalue weighted by Crippen LogP contribution is -2.45. The number of carbonyl (C=O) groups excluding carboxylic acids is 1. The molecule has 1 aromatic rings. The molecular weight excluding hydrogens is 340 g/mol. The van der Waals surface area contributed by atoms with E-state index in [1.165, 1.54) is 12.8 Å². The summed E-state index contributed by atoms with van der Waals surface area (Å²) in [6.45, 7) is 5.59. The molecule has 1 aliphatic carbocycles. The monoisotopic (exact) mass is 372 g/mol. The quantitative estimate of drug-likeness (QED) is 0.832. The van der Waals surface area contributed by atoms with Crippen molar-refractivity contribution >= 4 is 5.91 Å². The maximum Gasteiger partial charge on any atom is 0.220 e. The lowest BCUT2D eigenvalue weighted by Gasteiger charge is -2.34. The first kappa shape index (κ1) is 18.6. The lowest BCUT2D eigenvalue weighted by atomic mass is 9.83. The van der Waals surface area contributed by atoms with Crippen LogP contribution in [0.25, 0.3) is 0 Å². The summed E-state index contributed by atoms with van der Waals surface area (Å²) in [7, 11) is 0. The Morgan fingerprint density at radius 2 is 1.89 bits per heavy atom. The lowest BCUT2D eigenvalue weighted by molar-refractivity contribution is -0.124. The molecule has 5 heteroatoms. The molecule has 1 saturated heterocycles. The number of piperidine rings is 1. The van der Waals surface area contributed by atoms with Crippen molar-refractivity contribution in [1.82, 2.24) is 10.6 Å². The molecule has 5 nitrogen and oxygen atoms in total. The van der Waals surface area contributed by atoms with E-state index in [0.717, 1.165) is 55.8 Å². The minimum absolute atomic E-state index is 0.192. The van der Waals surface area contributed by atoms with Crippen LogP contribution in [0.5, 0.6) is 11.5 Å². The molecule has 1 unspecified atom stereocenters. The molecule has 2 fully saturated rings. The largest absolute Gasteiger partial charge is 0.486 e. The molecule has 27 heavy (non-hydrogen) atoms. The normalized spacial score (nSPS) is 23.0. The number of nitrogens with one attached hydrogen (secondary N) is 2. The minimum atomic E-state index is -0.249. The highest BCUT2D eigenvalue weighted by Gasteiger charge is 2.38. The van der Waals surface area contributed by atoms with Gasteiger partial charge in [0.2, 0.25) is 5.91 Å². The third-order valence-electron chi connectivity index (χ3n) is 6.63. The highest BCUT2D eigenvalue weighted by molar-refractivity contribution is 5.77. The van der Waals surface area contributed by atoms with Crippen LogP contribution in [0.15, 0.2) is 18.2 Å². The van der Waals surface area contributed by atoms with Crippen LogP contribution in [0, 0.1) is 11.8 Å². The Morgan fingerprint density at radius 1 is 1.19 bits per heavy atom. The Kier molecular flexibility index (Phi) is 5.58. The summed E-state index contributed by atoms with van der Waals surface area (Å²) in [6.07, 6.45) is 7.29. The molecule has 0 bridgehead atoms. The van der Waals surface area contributed by atoms with Gasteiger partial charge in [-0.3, -0.25) is 4.79 Å². The maximum atomic E-state index is 12.9. The standard InChI is InChI=1S/C22H32N2O3/c1-16(17-6-10-23-11-7-17)14-21(25)24-22(8-2-3-9-22)18-4-5-19-20(15-18)27-13-12-26-19/h4-5,15-17,23H,2-3,6-14H2,1H3,(H,24,25). The number of carbonyl (C=O) groups is 1. The molecule has 2 N–H and O–H groups in total. The van der Waals surface area contributed by atoms with Crippen molar-refractivity contribution in [3.05, 3.63) is 23.8 Å². The van der Waals surface area contributed by atoms with Gasteiger partial charge in [-0.05, 0) is 68.3 Å².